The van der Waals surface area contributed by atoms with Crippen molar-refractivity contribution in [2.45, 2.75) is 43.2 Å². The second-order valence-electron chi connectivity index (χ2n) is 9.03. The number of aliphatic hydroxyl groups excluding tert-OH is 1. The molecule has 1 heterocycles. The number of hydrogen-bond acceptors (Lipinski definition) is 5. The first-order chi connectivity index (χ1) is 16.2. The van der Waals surface area contributed by atoms with Gasteiger partial charge in [0.15, 0.2) is 5.78 Å². The number of likely N-dealkylation sites (N-methyl/N-ethyl adjacent to an activating group) is 1. The van der Waals surface area contributed by atoms with Crippen molar-refractivity contribution >= 4 is 35.1 Å². The van der Waals surface area contributed by atoms with Crippen molar-refractivity contribution < 1.29 is 23.8 Å². The fraction of sp³-hybridized carbons (Fsp3) is 0.440. The minimum Gasteiger partial charge on any atom is -0.410 e. The molecule has 1 amide bonds. The smallest absolute Gasteiger partial charge is 0.410 e. The van der Waals surface area contributed by atoms with Gasteiger partial charge in [-0.1, -0.05) is 29.3 Å². The average Bonchev–Trinajstić information content (AvgIpc) is 3.28. The van der Waals surface area contributed by atoms with Crippen molar-refractivity contribution in [2.75, 3.05) is 20.1 Å². The zero-order valence-electron chi connectivity index (χ0n) is 18.8. The highest BCUT2D eigenvalue weighted by molar-refractivity contribution is 6.42. The van der Waals surface area contributed by atoms with Crippen molar-refractivity contribution in [1.29, 1.82) is 0 Å². The molecule has 0 unspecified atom stereocenters. The Balaban J connectivity index is 1.70. The highest BCUT2D eigenvalue weighted by Gasteiger charge is 2.56. The molecule has 0 radical (unpaired) electrons. The van der Waals surface area contributed by atoms with E-state index in [1.165, 1.54) is 29.2 Å². The lowest BCUT2D eigenvalue weighted by atomic mass is 9.70. The monoisotopic (exact) mass is 508 g/mol. The van der Waals surface area contributed by atoms with Gasteiger partial charge in [-0.3, -0.25) is 9.69 Å². The van der Waals surface area contributed by atoms with Gasteiger partial charge < -0.3 is 15.2 Å². The van der Waals surface area contributed by atoms with E-state index in [0.29, 0.717) is 42.3 Å². The fourth-order valence-corrected chi connectivity index (χ4v) is 5.43. The molecule has 1 saturated carbocycles. The lowest BCUT2D eigenvalue weighted by Crippen LogP contribution is -2.62. The lowest BCUT2D eigenvalue weighted by Gasteiger charge is -2.43. The van der Waals surface area contributed by atoms with Gasteiger partial charge in [-0.15, -0.1) is 0 Å². The molecule has 34 heavy (non-hydrogen) atoms. The molecule has 2 fully saturated rings. The maximum absolute atomic E-state index is 14.1. The van der Waals surface area contributed by atoms with Gasteiger partial charge in [0, 0.05) is 32.0 Å². The molecule has 2 aromatic rings. The van der Waals surface area contributed by atoms with E-state index in [0.717, 1.165) is 5.56 Å². The Hall–Kier alpha value is -2.19. The molecule has 0 bridgehead atoms. The van der Waals surface area contributed by atoms with E-state index in [2.05, 4.69) is 5.32 Å². The van der Waals surface area contributed by atoms with Crippen LogP contribution in [0.5, 0.6) is 5.75 Å². The van der Waals surface area contributed by atoms with Gasteiger partial charge in [-0.2, -0.15) is 0 Å². The normalized spacial score (nSPS) is 26.8. The number of nitrogens with one attached hydrogen (secondary N) is 1. The van der Waals surface area contributed by atoms with Gasteiger partial charge in [0.05, 0.1) is 16.1 Å². The first kappa shape index (κ1) is 24.9. The fourth-order valence-electron chi connectivity index (χ4n) is 5.12. The molecule has 2 aromatic carbocycles. The Morgan fingerprint density at radius 3 is 2.41 bits per heavy atom. The molecular weight excluding hydrogens is 482 g/mol. The predicted molar refractivity (Wildman–Crippen MR) is 128 cm³/mol. The summed E-state index contributed by atoms with van der Waals surface area (Å²) in [5.74, 6) is -1.03. The summed E-state index contributed by atoms with van der Waals surface area (Å²) in [5.41, 5.74) is -0.452. The summed E-state index contributed by atoms with van der Waals surface area (Å²) in [6.45, 7) is 0.692. The number of nitrogens with zero attached hydrogens (tertiary/aromatic N) is 1. The molecule has 182 valence electrons. The molecule has 1 aliphatic carbocycles. The van der Waals surface area contributed by atoms with Crippen molar-refractivity contribution in [3.05, 3.63) is 63.9 Å². The van der Waals surface area contributed by atoms with E-state index in [4.69, 9.17) is 27.9 Å². The summed E-state index contributed by atoms with van der Waals surface area (Å²) in [4.78, 5) is 28.8. The number of carbonyl (C=O) groups excluding carboxylic acids is 2. The molecule has 0 aromatic heterocycles. The Morgan fingerprint density at radius 2 is 1.76 bits per heavy atom. The summed E-state index contributed by atoms with van der Waals surface area (Å²) in [7, 11) is 1.55. The summed E-state index contributed by atoms with van der Waals surface area (Å²) in [5, 5.41) is 14.0. The molecule has 1 aliphatic heterocycles. The van der Waals surface area contributed by atoms with Crippen LogP contribution in [0.25, 0.3) is 0 Å². The van der Waals surface area contributed by atoms with Crippen LogP contribution in [0.4, 0.5) is 9.18 Å². The third kappa shape index (κ3) is 4.80. The second-order valence-corrected chi connectivity index (χ2v) is 9.85. The number of amides is 1. The quantitative estimate of drug-likeness (QED) is 0.605. The SMILES string of the molecule is CN(C(=O)Oc1ccc(F)cc1)[C@]1(C(=O)[C@H]2CC[C@@H](O)CC2)CNC[C@H]1c1ccc(Cl)c(Cl)c1. The topological polar surface area (TPSA) is 78.9 Å². The molecule has 2 atom stereocenters. The number of benzene rings is 2. The molecule has 4 rings (SSSR count). The van der Waals surface area contributed by atoms with Gasteiger partial charge in [-0.05, 0) is 67.6 Å². The molecule has 6 nitrogen and oxygen atoms in total. The largest absolute Gasteiger partial charge is 0.415 e. The van der Waals surface area contributed by atoms with E-state index in [1.54, 1.807) is 19.2 Å². The molecule has 2 N–H and O–H groups in total. The first-order valence-corrected chi connectivity index (χ1v) is 12.1. The van der Waals surface area contributed by atoms with E-state index in [9.17, 15) is 19.1 Å². The molecule has 9 heteroatoms. The molecule has 1 saturated heterocycles. The number of carbonyl (C=O) groups is 2. The number of hydrogen-bond donors (Lipinski definition) is 2. The van der Waals surface area contributed by atoms with E-state index in [-0.39, 0.29) is 24.0 Å². The number of halogens is 3. The summed E-state index contributed by atoms with van der Waals surface area (Å²) in [6.07, 6.45) is 1.06. The maximum atomic E-state index is 14.1. The standard InChI is InChI=1S/C25H27Cl2FN2O4/c1-30(24(33)34-19-9-5-17(28)6-10-19)25(23(32)15-2-7-18(31)8-3-15)14-29-13-20(25)16-4-11-21(26)22(27)12-16/h4-6,9-12,15,18,20,29,31H,2-3,7-8,13-14H2,1H3/t15-,18+,20-,25+/m0/s1. The number of Topliss-reactive ketones (excluding diaryl/α,β-unsaturated/α-hetero) is 1. The van der Waals surface area contributed by atoms with Crippen LogP contribution in [0.15, 0.2) is 42.5 Å². The summed E-state index contributed by atoms with van der Waals surface area (Å²) in [6, 6.07) is 10.4. The van der Waals surface area contributed by atoms with Crippen molar-refractivity contribution in [3.8, 4) is 5.75 Å². The predicted octanol–water partition coefficient (Wildman–Crippen LogP) is 4.81. The van der Waals surface area contributed by atoms with Crippen LogP contribution in [0, 0.1) is 11.7 Å². The van der Waals surface area contributed by atoms with Crippen LogP contribution in [0.1, 0.15) is 37.2 Å². The Labute approximate surface area is 208 Å². The van der Waals surface area contributed by atoms with Crippen LogP contribution in [-0.2, 0) is 4.79 Å². The Kier molecular flexibility index (Phi) is 7.48. The Morgan fingerprint density at radius 1 is 1.09 bits per heavy atom. The maximum Gasteiger partial charge on any atom is 0.415 e. The highest BCUT2D eigenvalue weighted by Crippen LogP contribution is 2.43. The first-order valence-electron chi connectivity index (χ1n) is 11.3. The second kappa shape index (κ2) is 10.2. The van der Waals surface area contributed by atoms with Crippen LogP contribution >= 0.6 is 23.2 Å². The van der Waals surface area contributed by atoms with Gasteiger partial charge in [0.1, 0.15) is 17.1 Å². The van der Waals surface area contributed by atoms with Gasteiger partial charge >= 0.3 is 6.09 Å². The zero-order valence-corrected chi connectivity index (χ0v) is 20.3. The average molecular weight is 509 g/mol. The Bertz CT molecular complexity index is 1060. The van der Waals surface area contributed by atoms with Gasteiger partial charge in [0.2, 0.25) is 0 Å². The summed E-state index contributed by atoms with van der Waals surface area (Å²) >= 11 is 12.4. The molecule has 0 spiro atoms. The van der Waals surface area contributed by atoms with Crippen molar-refractivity contribution in [2.24, 2.45) is 5.92 Å². The van der Waals surface area contributed by atoms with E-state index < -0.39 is 29.5 Å². The van der Waals surface area contributed by atoms with Crippen molar-refractivity contribution in [1.82, 2.24) is 10.2 Å². The van der Waals surface area contributed by atoms with Crippen LogP contribution < -0.4 is 10.1 Å². The third-order valence-corrected chi connectivity index (χ3v) is 7.79. The number of rotatable bonds is 5. The number of ether oxygens (including phenoxy) is 1. The number of ketones is 1. The van der Waals surface area contributed by atoms with Crippen LogP contribution in [0.2, 0.25) is 10.0 Å². The molecular formula is C25H27Cl2FN2O4. The minimum atomic E-state index is -1.23. The number of aliphatic hydroxyl groups is 1. The highest BCUT2D eigenvalue weighted by atomic mass is 35.5. The van der Waals surface area contributed by atoms with E-state index >= 15 is 0 Å². The van der Waals surface area contributed by atoms with Gasteiger partial charge in [-0.25, -0.2) is 9.18 Å². The van der Waals surface area contributed by atoms with E-state index in [1.807, 2.05) is 6.07 Å². The zero-order chi connectivity index (χ0) is 24.5. The molecule has 2 aliphatic rings. The van der Waals surface area contributed by atoms with Crippen molar-refractivity contribution in [3.63, 3.8) is 0 Å². The van der Waals surface area contributed by atoms with Crippen LogP contribution in [0.3, 0.4) is 0 Å². The van der Waals surface area contributed by atoms with Gasteiger partial charge in [0.25, 0.3) is 0 Å². The minimum absolute atomic E-state index is 0.0703. The lowest BCUT2D eigenvalue weighted by molar-refractivity contribution is -0.135. The van der Waals surface area contributed by atoms with Crippen LogP contribution in [-0.4, -0.2) is 53.7 Å². The third-order valence-electron chi connectivity index (χ3n) is 7.05. The summed E-state index contributed by atoms with van der Waals surface area (Å²) < 4.78 is 18.8.